The molecule has 128 valence electrons. The molecule has 0 aliphatic rings. The van der Waals surface area contributed by atoms with E-state index in [9.17, 15) is 4.79 Å². The van der Waals surface area contributed by atoms with E-state index in [2.05, 4.69) is 26.9 Å². The van der Waals surface area contributed by atoms with E-state index in [0.29, 0.717) is 23.6 Å². The van der Waals surface area contributed by atoms with Crippen LogP contribution in [0.4, 0.5) is 11.5 Å². The number of para-hydroxylation sites is 1. The third kappa shape index (κ3) is 4.22. The number of aryl methyl sites for hydroxylation is 1. The number of amides is 1. The van der Waals surface area contributed by atoms with E-state index in [1.54, 1.807) is 36.4 Å². The van der Waals surface area contributed by atoms with Gasteiger partial charge in [-0.25, -0.2) is 0 Å². The Labute approximate surface area is 151 Å². The number of carbonyl (C=O) groups excluding carboxylic acids is 1. The van der Waals surface area contributed by atoms with Gasteiger partial charge < -0.3 is 10.6 Å². The first-order valence-electron chi connectivity index (χ1n) is 8.09. The molecule has 3 rings (SSSR count). The molecule has 1 amide bonds. The highest BCUT2D eigenvalue weighted by molar-refractivity contribution is 6.03. The van der Waals surface area contributed by atoms with Crippen LogP contribution in [0.15, 0.2) is 60.7 Å². The van der Waals surface area contributed by atoms with E-state index in [1.165, 1.54) is 5.56 Å². The summed E-state index contributed by atoms with van der Waals surface area (Å²) in [6.45, 7) is 2.67. The van der Waals surface area contributed by atoms with Crippen LogP contribution in [0.2, 0.25) is 0 Å². The maximum absolute atomic E-state index is 12.3. The molecule has 0 aliphatic heterocycles. The van der Waals surface area contributed by atoms with Gasteiger partial charge in [0.2, 0.25) is 0 Å². The molecular formula is C20H17N5O. The van der Waals surface area contributed by atoms with Crippen LogP contribution in [0.5, 0.6) is 0 Å². The standard InChI is InChI=1S/C20H17N5O/c1-14-5-4-6-15(11-14)13-22-19-10-9-18(24-25-19)20(26)23-17-8-3-2-7-16(17)12-21/h2-11H,13H2,1H3,(H,22,25)(H,23,26). The van der Waals surface area contributed by atoms with Crippen molar-refractivity contribution in [1.29, 1.82) is 5.26 Å². The second kappa shape index (κ2) is 7.90. The maximum Gasteiger partial charge on any atom is 0.276 e. The molecule has 1 aromatic heterocycles. The smallest absolute Gasteiger partial charge is 0.276 e. The molecule has 0 unspecified atom stereocenters. The van der Waals surface area contributed by atoms with E-state index >= 15 is 0 Å². The first kappa shape index (κ1) is 17.1. The summed E-state index contributed by atoms with van der Waals surface area (Å²) < 4.78 is 0. The van der Waals surface area contributed by atoms with Crippen LogP contribution < -0.4 is 10.6 Å². The predicted molar refractivity (Wildman–Crippen MR) is 99.6 cm³/mol. The Morgan fingerprint density at radius 3 is 2.65 bits per heavy atom. The molecule has 26 heavy (non-hydrogen) atoms. The fourth-order valence-electron chi connectivity index (χ4n) is 2.44. The zero-order valence-electron chi connectivity index (χ0n) is 14.2. The number of nitriles is 1. The highest BCUT2D eigenvalue weighted by atomic mass is 16.1. The topological polar surface area (TPSA) is 90.7 Å². The lowest BCUT2D eigenvalue weighted by Crippen LogP contribution is -2.15. The van der Waals surface area contributed by atoms with Crippen molar-refractivity contribution in [3.63, 3.8) is 0 Å². The monoisotopic (exact) mass is 343 g/mol. The summed E-state index contributed by atoms with van der Waals surface area (Å²) >= 11 is 0. The van der Waals surface area contributed by atoms with Crippen LogP contribution in [0.1, 0.15) is 27.2 Å². The number of nitrogens with one attached hydrogen (secondary N) is 2. The summed E-state index contributed by atoms with van der Waals surface area (Å²) in [6, 6.07) is 20.3. The molecular weight excluding hydrogens is 326 g/mol. The highest BCUT2D eigenvalue weighted by Gasteiger charge is 2.11. The molecule has 0 atom stereocenters. The lowest BCUT2D eigenvalue weighted by Gasteiger charge is -2.08. The first-order chi connectivity index (χ1) is 12.7. The molecule has 0 spiro atoms. The van der Waals surface area contributed by atoms with Crippen LogP contribution in [0, 0.1) is 18.3 Å². The van der Waals surface area contributed by atoms with Gasteiger partial charge in [0.15, 0.2) is 5.69 Å². The van der Waals surface area contributed by atoms with Gasteiger partial charge in [-0.05, 0) is 36.8 Å². The van der Waals surface area contributed by atoms with E-state index in [0.717, 1.165) is 5.56 Å². The van der Waals surface area contributed by atoms with E-state index in [4.69, 9.17) is 5.26 Å². The second-order valence-corrected chi connectivity index (χ2v) is 5.76. The van der Waals surface area contributed by atoms with Crippen molar-refractivity contribution in [1.82, 2.24) is 10.2 Å². The molecule has 0 bridgehead atoms. The van der Waals surface area contributed by atoms with Crippen molar-refractivity contribution in [3.8, 4) is 6.07 Å². The molecule has 3 aromatic rings. The number of carbonyl (C=O) groups is 1. The SMILES string of the molecule is Cc1cccc(CNc2ccc(C(=O)Nc3ccccc3C#N)nn2)c1. The number of hydrogen-bond donors (Lipinski definition) is 2. The molecule has 0 saturated carbocycles. The molecule has 2 aromatic carbocycles. The highest BCUT2D eigenvalue weighted by Crippen LogP contribution is 2.15. The number of anilines is 2. The largest absolute Gasteiger partial charge is 0.365 e. The number of aromatic nitrogens is 2. The van der Waals surface area contributed by atoms with Gasteiger partial charge >= 0.3 is 0 Å². The predicted octanol–water partition coefficient (Wildman–Crippen LogP) is 3.52. The molecule has 6 nitrogen and oxygen atoms in total. The van der Waals surface area contributed by atoms with Gasteiger partial charge in [-0.2, -0.15) is 5.26 Å². The molecule has 0 radical (unpaired) electrons. The van der Waals surface area contributed by atoms with E-state index in [-0.39, 0.29) is 5.69 Å². The van der Waals surface area contributed by atoms with Crippen molar-refractivity contribution in [2.45, 2.75) is 13.5 Å². The van der Waals surface area contributed by atoms with Gasteiger partial charge in [-0.1, -0.05) is 42.0 Å². The van der Waals surface area contributed by atoms with E-state index in [1.807, 2.05) is 31.2 Å². The van der Waals surface area contributed by atoms with Crippen LogP contribution in [0.25, 0.3) is 0 Å². The maximum atomic E-state index is 12.3. The zero-order chi connectivity index (χ0) is 18.4. The Morgan fingerprint density at radius 1 is 1.08 bits per heavy atom. The van der Waals surface area contributed by atoms with Crippen molar-refractivity contribution in [3.05, 3.63) is 83.0 Å². The van der Waals surface area contributed by atoms with Crippen LogP contribution in [0.3, 0.4) is 0 Å². The fourth-order valence-corrected chi connectivity index (χ4v) is 2.44. The number of nitrogens with zero attached hydrogens (tertiary/aromatic N) is 3. The van der Waals surface area contributed by atoms with Crippen molar-refractivity contribution in [2.75, 3.05) is 10.6 Å². The van der Waals surface area contributed by atoms with Gasteiger partial charge in [0.05, 0.1) is 11.3 Å². The Hall–Kier alpha value is -3.72. The van der Waals surface area contributed by atoms with Crippen molar-refractivity contribution < 1.29 is 4.79 Å². The average molecular weight is 343 g/mol. The van der Waals surface area contributed by atoms with Gasteiger partial charge in [0.1, 0.15) is 11.9 Å². The quantitative estimate of drug-likeness (QED) is 0.739. The normalized spacial score (nSPS) is 10.0. The number of hydrogen-bond acceptors (Lipinski definition) is 5. The van der Waals surface area contributed by atoms with Crippen LogP contribution in [-0.4, -0.2) is 16.1 Å². The van der Waals surface area contributed by atoms with Crippen molar-refractivity contribution >= 4 is 17.4 Å². The summed E-state index contributed by atoms with van der Waals surface area (Å²) in [4.78, 5) is 12.3. The zero-order valence-corrected chi connectivity index (χ0v) is 14.2. The summed E-state index contributed by atoms with van der Waals surface area (Å²) in [6.07, 6.45) is 0. The third-order valence-corrected chi connectivity index (χ3v) is 3.75. The Kier molecular flexibility index (Phi) is 5.20. The minimum Gasteiger partial charge on any atom is -0.365 e. The first-order valence-corrected chi connectivity index (χ1v) is 8.09. The van der Waals surface area contributed by atoms with Crippen LogP contribution in [-0.2, 0) is 6.54 Å². The fraction of sp³-hybridized carbons (Fsp3) is 0.100. The Bertz CT molecular complexity index is 960. The van der Waals surface area contributed by atoms with Gasteiger partial charge in [0, 0.05) is 6.54 Å². The summed E-state index contributed by atoms with van der Waals surface area (Å²) in [5.41, 5.74) is 3.36. The molecule has 0 fully saturated rings. The minimum atomic E-state index is -0.412. The lowest BCUT2D eigenvalue weighted by atomic mass is 10.1. The van der Waals surface area contributed by atoms with E-state index < -0.39 is 5.91 Å². The van der Waals surface area contributed by atoms with Gasteiger partial charge in [-0.3, -0.25) is 4.79 Å². The molecule has 2 N–H and O–H groups in total. The molecule has 0 aliphatic carbocycles. The lowest BCUT2D eigenvalue weighted by molar-refractivity contribution is 0.102. The average Bonchev–Trinajstić information content (AvgIpc) is 2.67. The summed E-state index contributed by atoms with van der Waals surface area (Å²) in [7, 11) is 0. The summed E-state index contributed by atoms with van der Waals surface area (Å²) in [5, 5.41) is 22.9. The van der Waals surface area contributed by atoms with Crippen molar-refractivity contribution in [2.24, 2.45) is 0 Å². The summed E-state index contributed by atoms with van der Waals surface area (Å²) in [5.74, 6) is 0.172. The van der Waals surface area contributed by atoms with Gasteiger partial charge in [0.25, 0.3) is 5.91 Å². The number of benzene rings is 2. The van der Waals surface area contributed by atoms with Crippen LogP contribution >= 0.6 is 0 Å². The molecule has 0 saturated heterocycles. The number of rotatable bonds is 5. The minimum absolute atomic E-state index is 0.179. The molecule has 6 heteroatoms. The Morgan fingerprint density at radius 2 is 1.92 bits per heavy atom. The third-order valence-electron chi connectivity index (χ3n) is 3.75. The second-order valence-electron chi connectivity index (χ2n) is 5.76. The molecule has 1 heterocycles. The Balaban J connectivity index is 1.63. The van der Waals surface area contributed by atoms with Gasteiger partial charge in [-0.15, -0.1) is 10.2 Å².